The number of rotatable bonds is 3. The maximum absolute atomic E-state index is 5.35. The van der Waals surface area contributed by atoms with Gasteiger partial charge >= 0.3 is 0 Å². The molecule has 1 unspecified atom stereocenters. The topological polar surface area (TPSA) is 36.9 Å². The first-order valence-corrected chi connectivity index (χ1v) is 3.63. The minimum Gasteiger partial charge on any atom is -0.376 e. The Morgan fingerprint density at radius 2 is 2.00 bits per heavy atom. The first-order valence-electron chi connectivity index (χ1n) is 3.63. The predicted octanol–water partition coefficient (Wildman–Crippen LogP) is 0.0207. The van der Waals surface area contributed by atoms with Gasteiger partial charge in [-0.15, -0.1) is 0 Å². The number of hydrogen-bond acceptors (Lipinski definition) is 4. The molecule has 11 heavy (non-hydrogen) atoms. The molecule has 1 aliphatic heterocycles. The molecule has 0 saturated carbocycles. The Morgan fingerprint density at radius 1 is 1.27 bits per heavy atom. The standard InChI is InChI=1S/C7H14O4/c1-8-7(9-2)6-5-10-3-4-11-6/h6-7H,3-5H2,1-2H3. The van der Waals surface area contributed by atoms with Crippen molar-refractivity contribution in [2.45, 2.75) is 12.4 Å². The van der Waals surface area contributed by atoms with E-state index in [2.05, 4.69) is 0 Å². The van der Waals surface area contributed by atoms with Gasteiger partial charge in [0.25, 0.3) is 0 Å². The highest BCUT2D eigenvalue weighted by atomic mass is 16.7. The van der Waals surface area contributed by atoms with Crippen LogP contribution in [0.1, 0.15) is 0 Å². The van der Waals surface area contributed by atoms with Crippen LogP contribution in [0.2, 0.25) is 0 Å². The summed E-state index contributed by atoms with van der Waals surface area (Å²) in [5.41, 5.74) is 0. The summed E-state index contributed by atoms with van der Waals surface area (Å²) in [7, 11) is 3.18. The van der Waals surface area contributed by atoms with E-state index in [4.69, 9.17) is 18.9 Å². The van der Waals surface area contributed by atoms with Gasteiger partial charge in [-0.1, -0.05) is 0 Å². The lowest BCUT2D eigenvalue weighted by Gasteiger charge is -2.28. The van der Waals surface area contributed by atoms with E-state index in [1.807, 2.05) is 0 Å². The van der Waals surface area contributed by atoms with Gasteiger partial charge in [-0.05, 0) is 0 Å². The second-order valence-corrected chi connectivity index (χ2v) is 2.32. The van der Waals surface area contributed by atoms with Crippen LogP contribution in [0.3, 0.4) is 0 Å². The van der Waals surface area contributed by atoms with Crippen molar-refractivity contribution in [3.05, 3.63) is 0 Å². The molecule has 66 valence electrons. The summed E-state index contributed by atoms with van der Waals surface area (Å²) >= 11 is 0. The van der Waals surface area contributed by atoms with E-state index in [-0.39, 0.29) is 12.4 Å². The normalized spacial score (nSPS) is 25.9. The largest absolute Gasteiger partial charge is 0.376 e. The molecule has 1 saturated heterocycles. The van der Waals surface area contributed by atoms with Crippen molar-refractivity contribution in [1.82, 2.24) is 0 Å². The lowest BCUT2D eigenvalue weighted by atomic mass is 10.3. The van der Waals surface area contributed by atoms with E-state index in [1.165, 1.54) is 0 Å². The van der Waals surface area contributed by atoms with Crippen LogP contribution in [0.5, 0.6) is 0 Å². The van der Waals surface area contributed by atoms with Crippen molar-refractivity contribution < 1.29 is 18.9 Å². The van der Waals surface area contributed by atoms with Crippen molar-refractivity contribution in [2.24, 2.45) is 0 Å². The zero-order valence-electron chi connectivity index (χ0n) is 6.91. The van der Waals surface area contributed by atoms with E-state index < -0.39 is 0 Å². The molecule has 1 rings (SSSR count). The molecule has 4 nitrogen and oxygen atoms in total. The lowest BCUT2D eigenvalue weighted by molar-refractivity contribution is -0.217. The summed E-state index contributed by atoms with van der Waals surface area (Å²) in [6.45, 7) is 1.83. The molecule has 0 spiro atoms. The van der Waals surface area contributed by atoms with Gasteiger partial charge in [0.05, 0.1) is 19.8 Å². The Labute approximate surface area is 66.4 Å². The molecule has 0 aliphatic carbocycles. The Balaban J connectivity index is 2.30. The predicted molar refractivity (Wildman–Crippen MR) is 38.4 cm³/mol. The van der Waals surface area contributed by atoms with Gasteiger partial charge < -0.3 is 18.9 Å². The molecule has 4 heteroatoms. The summed E-state index contributed by atoms with van der Waals surface area (Å²) in [5.74, 6) is 0. The average Bonchev–Trinajstić information content (AvgIpc) is 2.09. The lowest BCUT2D eigenvalue weighted by Crippen LogP contribution is -2.40. The van der Waals surface area contributed by atoms with E-state index in [1.54, 1.807) is 14.2 Å². The zero-order valence-corrected chi connectivity index (χ0v) is 6.91. The van der Waals surface area contributed by atoms with Crippen molar-refractivity contribution in [2.75, 3.05) is 34.0 Å². The third-order valence-electron chi connectivity index (χ3n) is 1.61. The van der Waals surface area contributed by atoms with Gasteiger partial charge in [-0.3, -0.25) is 0 Å². The summed E-state index contributed by atoms with van der Waals surface area (Å²) < 4.78 is 20.6. The summed E-state index contributed by atoms with van der Waals surface area (Å²) in [5, 5.41) is 0. The molecule has 1 fully saturated rings. The van der Waals surface area contributed by atoms with Crippen LogP contribution in [-0.2, 0) is 18.9 Å². The van der Waals surface area contributed by atoms with Gasteiger partial charge in [0.2, 0.25) is 0 Å². The van der Waals surface area contributed by atoms with E-state index in [0.717, 1.165) is 0 Å². The fraction of sp³-hybridized carbons (Fsp3) is 1.00. The van der Waals surface area contributed by atoms with Crippen LogP contribution in [0.25, 0.3) is 0 Å². The summed E-state index contributed by atoms with van der Waals surface area (Å²) in [6, 6.07) is 0. The summed E-state index contributed by atoms with van der Waals surface area (Å²) in [4.78, 5) is 0. The Kier molecular flexibility index (Phi) is 3.79. The molecule has 0 radical (unpaired) electrons. The SMILES string of the molecule is COC(OC)C1COCCO1. The number of methoxy groups -OCH3 is 2. The first-order chi connectivity index (χ1) is 5.38. The van der Waals surface area contributed by atoms with E-state index in [9.17, 15) is 0 Å². The molecule has 0 aromatic heterocycles. The second kappa shape index (κ2) is 4.66. The minimum atomic E-state index is -0.310. The molecular weight excluding hydrogens is 148 g/mol. The van der Waals surface area contributed by atoms with Gasteiger partial charge in [0.15, 0.2) is 6.29 Å². The average molecular weight is 162 g/mol. The highest BCUT2D eigenvalue weighted by Crippen LogP contribution is 2.08. The van der Waals surface area contributed by atoms with E-state index >= 15 is 0 Å². The highest BCUT2D eigenvalue weighted by molar-refractivity contribution is 4.64. The zero-order chi connectivity index (χ0) is 8.10. The Morgan fingerprint density at radius 3 is 2.45 bits per heavy atom. The van der Waals surface area contributed by atoms with Crippen molar-refractivity contribution in [1.29, 1.82) is 0 Å². The van der Waals surface area contributed by atoms with Gasteiger partial charge in [0, 0.05) is 14.2 Å². The van der Waals surface area contributed by atoms with Gasteiger partial charge in [-0.25, -0.2) is 0 Å². The molecule has 0 aromatic carbocycles. The maximum Gasteiger partial charge on any atom is 0.185 e. The molecule has 1 atom stereocenters. The fourth-order valence-corrected chi connectivity index (χ4v) is 1.06. The summed E-state index contributed by atoms with van der Waals surface area (Å²) in [6.07, 6.45) is -0.394. The van der Waals surface area contributed by atoms with Crippen LogP contribution in [0.15, 0.2) is 0 Å². The molecule has 0 bridgehead atoms. The van der Waals surface area contributed by atoms with Crippen LogP contribution >= 0.6 is 0 Å². The van der Waals surface area contributed by atoms with Gasteiger partial charge in [0.1, 0.15) is 6.10 Å². The maximum atomic E-state index is 5.35. The third kappa shape index (κ3) is 2.41. The fourth-order valence-electron chi connectivity index (χ4n) is 1.06. The Hall–Kier alpha value is -0.160. The number of hydrogen-bond donors (Lipinski definition) is 0. The molecule has 1 heterocycles. The van der Waals surface area contributed by atoms with Crippen LogP contribution in [-0.4, -0.2) is 46.4 Å². The molecular formula is C7H14O4. The van der Waals surface area contributed by atoms with E-state index in [0.29, 0.717) is 19.8 Å². The van der Waals surface area contributed by atoms with Crippen LogP contribution < -0.4 is 0 Å². The smallest absolute Gasteiger partial charge is 0.185 e. The highest BCUT2D eigenvalue weighted by Gasteiger charge is 2.24. The number of ether oxygens (including phenoxy) is 4. The first kappa shape index (κ1) is 8.93. The van der Waals surface area contributed by atoms with Crippen molar-refractivity contribution in [3.63, 3.8) is 0 Å². The third-order valence-corrected chi connectivity index (χ3v) is 1.61. The molecule has 1 aliphatic rings. The Bertz CT molecular complexity index is 96.6. The van der Waals surface area contributed by atoms with Crippen LogP contribution in [0, 0.1) is 0 Å². The van der Waals surface area contributed by atoms with Crippen molar-refractivity contribution in [3.8, 4) is 0 Å². The second-order valence-electron chi connectivity index (χ2n) is 2.32. The monoisotopic (exact) mass is 162 g/mol. The molecule has 0 aromatic rings. The molecule has 0 N–H and O–H groups in total. The quantitative estimate of drug-likeness (QED) is 0.548. The molecule has 0 amide bonds. The van der Waals surface area contributed by atoms with Crippen molar-refractivity contribution >= 4 is 0 Å². The van der Waals surface area contributed by atoms with Crippen LogP contribution in [0.4, 0.5) is 0 Å². The van der Waals surface area contributed by atoms with Gasteiger partial charge in [-0.2, -0.15) is 0 Å². The minimum absolute atomic E-state index is 0.0845.